The van der Waals surface area contributed by atoms with Crippen LogP contribution in [0.1, 0.15) is 10.6 Å². The van der Waals surface area contributed by atoms with E-state index >= 15 is 0 Å². The molecule has 6 heteroatoms. The van der Waals surface area contributed by atoms with E-state index in [-0.39, 0.29) is 57.2 Å². The van der Waals surface area contributed by atoms with Gasteiger partial charge in [0.05, 0.1) is 0 Å². The molecular weight excluding hydrogens is 161 g/mol. The molecule has 0 aliphatic heterocycles. The molecule has 1 aromatic rings. The van der Waals surface area contributed by atoms with Gasteiger partial charge in [0.2, 0.25) is 0 Å². The molecule has 0 aliphatic rings. The summed E-state index contributed by atoms with van der Waals surface area (Å²) in [5.74, 6) is -1.73. The Hall–Kier alpha value is 0.116. The van der Waals surface area contributed by atoms with Crippen molar-refractivity contribution in [2.75, 3.05) is 0 Å². The van der Waals surface area contributed by atoms with Crippen molar-refractivity contribution in [1.29, 1.82) is 0 Å². The third-order valence-corrected chi connectivity index (χ3v) is 0.676. The Morgan fingerprint density at radius 2 is 1.90 bits per heavy atom. The standard InChI is InChI=1S/C4H3N3O2.K/c8-4(9)3-6-1-5-2-7-3;/h1-2H,(H,8,9);/q;+1/p-1. The largest absolute Gasteiger partial charge is 1.00 e. The molecule has 0 N–H and O–H groups in total. The number of hydrogen-bond acceptors (Lipinski definition) is 5. The summed E-state index contributed by atoms with van der Waals surface area (Å²) in [6.07, 6.45) is 2.19. The molecule has 0 atom stereocenters. The molecule has 0 bridgehead atoms. The second kappa shape index (κ2) is 4.86. The molecule has 1 aromatic heterocycles. The number of aromatic nitrogens is 3. The van der Waals surface area contributed by atoms with Gasteiger partial charge in [-0.25, -0.2) is 15.0 Å². The summed E-state index contributed by atoms with van der Waals surface area (Å²) in [5.41, 5.74) is 0. The van der Waals surface area contributed by atoms with Crippen molar-refractivity contribution in [3.8, 4) is 0 Å². The molecule has 0 fully saturated rings. The van der Waals surface area contributed by atoms with Crippen LogP contribution in [0.5, 0.6) is 0 Å². The van der Waals surface area contributed by atoms with Crippen molar-refractivity contribution in [3.63, 3.8) is 0 Å². The maximum absolute atomic E-state index is 9.94. The van der Waals surface area contributed by atoms with Gasteiger partial charge in [0.1, 0.15) is 18.6 Å². The molecule has 1 rings (SSSR count). The van der Waals surface area contributed by atoms with Gasteiger partial charge in [-0.15, -0.1) is 0 Å². The SMILES string of the molecule is O=C([O-])c1ncncn1.[K+]. The van der Waals surface area contributed by atoms with Crippen molar-refractivity contribution >= 4 is 5.97 Å². The van der Waals surface area contributed by atoms with Gasteiger partial charge in [0.15, 0.2) is 5.82 Å². The molecule has 0 saturated heterocycles. The fourth-order valence-corrected chi connectivity index (χ4v) is 0.345. The second-order valence-corrected chi connectivity index (χ2v) is 1.25. The summed E-state index contributed by atoms with van der Waals surface area (Å²) >= 11 is 0. The molecule has 10 heavy (non-hydrogen) atoms. The summed E-state index contributed by atoms with van der Waals surface area (Å²) in [7, 11) is 0. The first-order valence-electron chi connectivity index (χ1n) is 2.14. The Bertz CT molecular complexity index is 215. The van der Waals surface area contributed by atoms with Gasteiger partial charge >= 0.3 is 51.4 Å². The molecular formula is C4H2KN3O2. The number of carbonyl (C=O) groups is 1. The molecule has 0 aliphatic carbocycles. The van der Waals surface area contributed by atoms with E-state index in [9.17, 15) is 9.90 Å². The van der Waals surface area contributed by atoms with E-state index in [0.29, 0.717) is 0 Å². The Labute approximate surface area is 99.3 Å². The van der Waals surface area contributed by atoms with Crippen molar-refractivity contribution in [3.05, 3.63) is 18.5 Å². The Morgan fingerprint density at radius 1 is 1.40 bits per heavy atom. The first-order chi connectivity index (χ1) is 4.30. The molecule has 1 heterocycles. The molecule has 0 unspecified atom stereocenters. The third-order valence-electron chi connectivity index (χ3n) is 0.676. The minimum Gasteiger partial charge on any atom is -0.541 e. The first kappa shape index (κ1) is 10.1. The molecule has 0 saturated carbocycles. The number of aromatic carboxylic acids is 1. The quantitative estimate of drug-likeness (QED) is 0.388. The smallest absolute Gasteiger partial charge is 0.541 e. The fourth-order valence-electron chi connectivity index (χ4n) is 0.345. The van der Waals surface area contributed by atoms with Crippen LogP contribution in [0.2, 0.25) is 0 Å². The predicted molar refractivity (Wildman–Crippen MR) is 24.2 cm³/mol. The first-order valence-corrected chi connectivity index (χ1v) is 2.14. The number of rotatable bonds is 1. The Balaban J connectivity index is 0.000000810. The normalized spacial score (nSPS) is 8.00. The number of hydrogen-bond donors (Lipinski definition) is 0. The van der Waals surface area contributed by atoms with Gasteiger partial charge in [-0.1, -0.05) is 0 Å². The van der Waals surface area contributed by atoms with Crippen LogP contribution >= 0.6 is 0 Å². The fraction of sp³-hybridized carbons (Fsp3) is 0. The zero-order chi connectivity index (χ0) is 6.69. The molecule has 46 valence electrons. The van der Waals surface area contributed by atoms with Gasteiger partial charge in [-0.2, -0.15) is 0 Å². The average Bonchev–Trinajstić information content (AvgIpc) is 1.90. The monoisotopic (exact) mass is 163 g/mol. The van der Waals surface area contributed by atoms with Crippen LogP contribution in [-0.4, -0.2) is 20.9 Å². The minimum absolute atomic E-state index is 0. The average molecular weight is 163 g/mol. The molecule has 0 spiro atoms. The number of carboxylic acids is 1. The Kier molecular flexibility index (Phi) is 4.92. The summed E-state index contributed by atoms with van der Waals surface area (Å²) in [6.45, 7) is 0. The summed E-state index contributed by atoms with van der Waals surface area (Å²) < 4.78 is 0. The van der Waals surface area contributed by atoms with Crippen molar-refractivity contribution in [2.45, 2.75) is 0 Å². The van der Waals surface area contributed by atoms with Crippen LogP contribution in [0.15, 0.2) is 12.7 Å². The zero-order valence-electron chi connectivity index (χ0n) is 5.31. The van der Waals surface area contributed by atoms with Gasteiger partial charge < -0.3 is 9.90 Å². The summed E-state index contributed by atoms with van der Waals surface area (Å²) in [6, 6.07) is 0. The molecule has 0 radical (unpaired) electrons. The zero-order valence-corrected chi connectivity index (χ0v) is 8.44. The third kappa shape index (κ3) is 2.80. The predicted octanol–water partition coefficient (Wildman–Crippen LogP) is -4.76. The van der Waals surface area contributed by atoms with E-state index < -0.39 is 5.97 Å². The molecule has 5 nitrogen and oxygen atoms in total. The van der Waals surface area contributed by atoms with E-state index in [4.69, 9.17) is 0 Å². The number of carboxylic acid groups (broad SMARTS) is 1. The maximum Gasteiger partial charge on any atom is 1.00 e. The van der Waals surface area contributed by atoms with Crippen molar-refractivity contribution < 1.29 is 61.3 Å². The van der Waals surface area contributed by atoms with E-state index in [0.717, 1.165) is 12.7 Å². The van der Waals surface area contributed by atoms with Crippen LogP contribution in [0.3, 0.4) is 0 Å². The topological polar surface area (TPSA) is 78.8 Å². The van der Waals surface area contributed by atoms with Gasteiger partial charge in [0.25, 0.3) is 0 Å². The molecule has 0 amide bonds. The minimum atomic E-state index is -1.39. The van der Waals surface area contributed by atoms with Crippen molar-refractivity contribution in [2.24, 2.45) is 0 Å². The van der Waals surface area contributed by atoms with Gasteiger partial charge in [-0.05, 0) is 0 Å². The maximum atomic E-state index is 9.94. The van der Waals surface area contributed by atoms with Crippen LogP contribution in [-0.2, 0) is 0 Å². The van der Waals surface area contributed by atoms with Gasteiger partial charge in [0, 0.05) is 0 Å². The summed E-state index contributed by atoms with van der Waals surface area (Å²) in [5, 5.41) is 9.94. The number of nitrogens with zero attached hydrogens (tertiary/aromatic N) is 3. The van der Waals surface area contributed by atoms with Crippen LogP contribution in [0.4, 0.5) is 0 Å². The van der Waals surface area contributed by atoms with Crippen LogP contribution in [0, 0.1) is 0 Å². The Morgan fingerprint density at radius 3 is 2.20 bits per heavy atom. The van der Waals surface area contributed by atoms with Crippen LogP contribution in [0.25, 0.3) is 0 Å². The van der Waals surface area contributed by atoms with Crippen molar-refractivity contribution in [1.82, 2.24) is 15.0 Å². The van der Waals surface area contributed by atoms with E-state index in [1.54, 1.807) is 0 Å². The second-order valence-electron chi connectivity index (χ2n) is 1.25. The molecule has 0 aromatic carbocycles. The number of carbonyl (C=O) groups excluding carboxylic acids is 1. The van der Waals surface area contributed by atoms with Gasteiger partial charge in [-0.3, -0.25) is 0 Å². The van der Waals surface area contributed by atoms with Crippen LogP contribution < -0.4 is 56.5 Å². The van der Waals surface area contributed by atoms with E-state index in [1.165, 1.54) is 0 Å². The summed E-state index contributed by atoms with van der Waals surface area (Å²) in [4.78, 5) is 19.9. The van der Waals surface area contributed by atoms with E-state index in [1.807, 2.05) is 0 Å². The van der Waals surface area contributed by atoms with E-state index in [2.05, 4.69) is 15.0 Å².